The molecular formula is C42H25N4NaO3S. The SMILES string of the molecule is O=S(=O)([O-])c1ccccc1-c1c2nc(cc3[nH]c(cc4nc(cc5[nH]c1c1ccccc51)-c1ccccc1-4)c1ccccc31)-c1ccccc1-2.[Na+]. The number of hydrogen-bond donors (Lipinski definition) is 2. The monoisotopic (exact) mass is 688 g/mol. The summed E-state index contributed by atoms with van der Waals surface area (Å²) >= 11 is 0. The molecule has 8 bridgehead atoms. The normalized spacial score (nSPS) is 12.0. The fourth-order valence-electron chi connectivity index (χ4n) is 7.51. The van der Waals surface area contributed by atoms with E-state index in [1.165, 1.54) is 6.07 Å². The average Bonchev–Trinajstić information content (AvgIpc) is 3.88. The molecule has 238 valence electrons. The van der Waals surface area contributed by atoms with Gasteiger partial charge in [0.2, 0.25) is 0 Å². The number of aromatic amines is 2. The Hall–Kier alpha value is -5.35. The fourth-order valence-corrected chi connectivity index (χ4v) is 8.20. The molecular weight excluding hydrogens is 664 g/mol. The van der Waals surface area contributed by atoms with Crippen molar-refractivity contribution in [3.05, 3.63) is 140 Å². The third kappa shape index (κ3) is 4.98. The molecule has 0 amide bonds. The number of hydrogen-bond acceptors (Lipinski definition) is 5. The Labute approximate surface area is 314 Å². The van der Waals surface area contributed by atoms with Gasteiger partial charge in [0, 0.05) is 71.5 Å². The molecule has 0 spiro atoms. The molecule has 0 atom stereocenters. The van der Waals surface area contributed by atoms with Crippen LogP contribution in [0.25, 0.3) is 99.8 Å². The summed E-state index contributed by atoms with van der Waals surface area (Å²) in [6, 6.07) is 44.9. The summed E-state index contributed by atoms with van der Waals surface area (Å²) in [4.78, 5) is 17.5. The van der Waals surface area contributed by atoms with E-state index in [2.05, 4.69) is 40.3 Å². The summed E-state index contributed by atoms with van der Waals surface area (Å²) in [5.74, 6) is 0. The molecule has 0 saturated carbocycles. The second kappa shape index (κ2) is 11.9. The summed E-state index contributed by atoms with van der Waals surface area (Å²) in [5, 5.41) is 3.87. The zero-order chi connectivity index (χ0) is 33.6. The van der Waals surface area contributed by atoms with E-state index in [1.54, 1.807) is 18.2 Å². The van der Waals surface area contributed by atoms with Crippen LogP contribution in [-0.2, 0) is 10.1 Å². The number of H-pyrrole nitrogens is 2. The Morgan fingerprint density at radius 1 is 0.471 bits per heavy atom. The van der Waals surface area contributed by atoms with Crippen molar-refractivity contribution in [1.29, 1.82) is 0 Å². The minimum Gasteiger partial charge on any atom is -0.744 e. The molecule has 2 aliphatic heterocycles. The van der Waals surface area contributed by atoms with E-state index in [9.17, 15) is 13.0 Å². The molecule has 0 fully saturated rings. The van der Waals surface area contributed by atoms with Crippen molar-refractivity contribution in [2.75, 3.05) is 0 Å². The predicted molar refractivity (Wildman–Crippen MR) is 198 cm³/mol. The van der Waals surface area contributed by atoms with Crippen LogP contribution in [0.2, 0.25) is 0 Å². The van der Waals surface area contributed by atoms with Crippen LogP contribution in [-0.4, -0.2) is 32.9 Å². The first kappa shape index (κ1) is 31.6. The smallest absolute Gasteiger partial charge is 0.744 e. The summed E-state index contributed by atoms with van der Waals surface area (Å²) in [5.41, 5.74) is 10.7. The van der Waals surface area contributed by atoms with Crippen molar-refractivity contribution in [2.45, 2.75) is 4.90 Å². The standard InChI is InChI=1S/C42H26N4O3S.Na/c47-50(48,49)39-20-10-9-19-32(39)40-41-30-17-7-5-15-28(30)37(45-41)22-35-26-13-3-1-11-24(26)33(43-35)21-34-25-12-2-4-14-27(25)36(44-34)23-38-29-16-6-8-18-31(29)42(40)46-38;/h1-23,43,46H,(H,47,48,49);/q;+1/p-1. The molecule has 5 heterocycles. The van der Waals surface area contributed by atoms with Crippen molar-refractivity contribution in [2.24, 2.45) is 0 Å². The number of fused-ring (bicyclic) bond motifs is 20. The van der Waals surface area contributed by atoms with Crippen molar-refractivity contribution < 1.29 is 42.5 Å². The van der Waals surface area contributed by atoms with Crippen LogP contribution in [0.15, 0.2) is 144 Å². The summed E-state index contributed by atoms with van der Waals surface area (Å²) in [6.45, 7) is 0. The van der Waals surface area contributed by atoms with Crippen LogP contribution in [0.4, 0.5) is 0 Å². The van der Waals surface area contributed by atoms with Gasteiger partial charge >= 0.3 is 29.6 Å². The molecule has 2 aliphatic rings. The van der Waals surface area contributed by atoms with Gasteiger partial charge in [0.05, 0.1) is 33.2 Å². The summed E-state index contributed by atoms with van der Waals surface area (Å²) in [7, 11) is -4.86. The maximum atomic E-state index is 12.8. The third-order valence-electron chi connectivity index (χ3n) is 9.69. The molecule has 3 aromatic heterocycles. The van der Waals surface area contributed by atoms with Crippen LogP contribution in [0, 0.1) is 0 Å². The minimum atomic E-state index is -4.86. The molecule has 7 nitrogen and oxygen atoms in total. The maximum Gasteiger partial charge on any atom is 1.00 e. The number of rotatable bonds is 2. The molecule has 51 heavy (non-hydrogen) atoms. The van der Waals surface area contributed by atoms with E-state index in [-0.39, 0.29) is 40.0 Å². The molecule has 10 rings (SSSR count). The first-order chi connectivity index (χ1) is 24.4. The molecule has 9 heteroatoms. The topological polar surface area (TPSA) is 115 Å². The Morgan fingerprint density at radius 2 is 0.882 bits per heavy atom. The van der Waals surface area contributed by atoms with E-state index < -0.39 is 10.1 Å². The van der Waals surface area contributed by atoms with Gasteiger partial charge in [0.15, 0.2) is 0 Å². The van der Waals surface area contributed by atoms with Crippen molar-refractivity contribution in [3.63, 3.8) is 0 Å². The van der Waals surface area contributed by atoms with Gasteiger partial charge in [-0.25, -0.2) is 18.4 Å². The molecule has 2 N–H and O–H groups in total. The molecule has 0 aliphatic carbocycles. The summed E-state index contributed by atoms with van der Waals surface area (Å²) < 4.78 is 38.5. The zero-order valence-electron chi connectivity index (χ0n) is 27.3. The zero-order valence-corrected chi connectivity index (χ0v) is 30.1. The maximum absolute atomic E-state index is 12.8. The van der Waals surface area contributed by atoms with Gasteiger partial charge in [-0.2, -0.15) is 0 Å². The average molecular weight is 689 g/mol. The quantitative estimate of drug-likeness (QED) is 0.152. The predicted octanol–water partition coefficient (Wildman–Crippen LogP) is 6.86. The van der Waals surface area contributed by atoms with Crippen LogP contribution in [0.1, 0.15) is 0 Å². The first-order valence-corrected chi connectivity index (χ1v) is 17.6. The van der Waals surface area contributed by atoms with Crippen LogP contribution in [0.5, 0.6) is 0 Å². The molecule has 0 radical (unpaired) electrons. The molecule has 0 saturated heterocycles. The van der Waals surface area contributed by atoms with E-state index in [4.69, 9.17) is 9.97 Å². The number of benzene rings is 5. The van der Waals surface area contributed by atoms with Crippen molar-refractivity contribution >= 4 is 53.7 Å². The largest absolute Gasteiger partial charge is 1.00 e. The Kier molecular flexibility index (Phi) is 7.36. The van der Waals surface area contributed by atoms with Gasteiger partial charge in [0.25, 0.3) is 0 Å². The number of nitrogens with zero attached hydrogens (tertiary/aromatic N) is 2. The second-order valence-electron chi connectivity index (χ2n) is 12.5. The van der Waals surface area contributed by atoms with Gasteiger partial charge in [-0.1, -0.05) is 115 Å². The first-order valence-electron chi connectivity index (χ1n) is 16.2. The summed E-state index contributed by atoms with van der Waals surface area (Å²) in [6.07, 6.45) is 0. The molecule has 8 aromatic rings. The van der Waals surface area contributed by atoms with E-state index in [0.717, 1.165) is 71.7 Å². The van der Waals surface area contributed by atoms with Crippen LogP contribution in [0.3, 0.4) is 0 Å². The Bertz CT molecular complexity index is 3040. The van der Waals surface area contributed by atoms with Crippen molar-refractivity contribution in [1.82, 2.24) is 19.9 Å². The molecule has 0 unspecified atom stereocenters. The van der Waals surface area contributed by atoms with Crippen LogP contribution >= 0.6 is 0 Å². The van der Waals surface area contributed by atoms with Gasteiger partial charge in [-0.15, -0.1) is 0 Å². The second-order valence-corrected chi connectivity index (χ2v) is 13.9. The van der Waals surface area contributed by atoms with E-state index in [1.807, 2.05) is 84.9 Å². The van der Waals surface area contributed by atoms with E-state index >= 15 is 0 Å². The van der Waals surface area contributed by atoms with Gasteiger partial charge in [-0.3, -0.25) is 0 Å². The Balaban J connectivity index is 0.00000348. The molecule has 5 aromatic carbocycles. The number of aromatic nitrogens is 4. The third-order valence-corrected chi connectivity index (χ3v) is 10.6. The van der Waals surface area contributed by atoms with Gasteiger partial charge in [0.1, 0.15) is 10.1 Å². The fraction of sp³-hybridized carbons (Fsp3) is 0. The van der Waals surface area contributed by atoms with E-state index in [0.29, 0.717) is 22.5 Å². The van der Waals surface area contributed by atoms with Crippen LogP contribution < -0.4 is 29.6 Å². The van der Waals surface area contributed by atoms with Gasteiger partial charge < -0.3 is 14.5 Å². The van der Waals surface area contributed by atoms with Crippen molar-refractivity contribution in [3.8, 4) is 56.2 Å². The van der Waals surface area contributed by atoms with Gasteiger partial charge in [-0.05, 0) is 24.3 Å². The number of nitrogens with one attached hydrogen (secondary N) is 2. The Morgan fingerprint density at radius 3 is 1.45 bits per heavy atom. The minimum absolute atomic E-state index is 0.